The molecule has 0 aliphatic heterocycles. The second kappa shape index (κ2) is 5.19. The topological polar surface area (TPSA) is 95.6 Å². The monoisotopic (exact) mass is 322 g/mol. The molecular formula is C13H11BrN2O3. The quantitative estimate of drug-likeness (QED) is 0.639. The van der Waals surface area contributed by atoms with Gasteiger partial charge < -0.3 is 21.3 Å². The molecule has 0 radical (unpaired) electrons. The number of phenolic OH excluding ortho intramolecular Hbond substituents is 2. The van der Waals surface area contributed by atoms with Crippen LogP contribution in [0.2, 0.25) is 0 Å². The predicted octanol–water partition coefficient (Wildman–Crippen LogP) is 2.69. The highest BCUT2D eigenvalue weighted by Crippen LogP contribution is 2.27. The molecule has 0 aliphatic carbocycles. The van der Waals surface area contributed by atoms with E-state index in [-0.39, 0.29) is 17.1 Å². The Kier molecular flexibility index (Phi) is 3.62. The van der Waals surface area contributed by atoms with Gasteiger partial charge in [-0.3, -0.25) is 4.79 Å². The molecule has 0 spiro atoms. The molecule has 0 fully saturated rings. The van der Waals surface area contributed by atoms with Gasteiger partial charge in [-0.2, -0.15) is 0 Å². The summed E-state index contributed by atoms with van der Waals surface area (Å²) in [6.07, 6.45) is 0. The minimum absolute atomic E-state index is 0.0709. The lowest BCUT2D eigenvalue weighted by atomic mass is 10.1. The number of hydrogen-bond acceptors (Lipinski definition) is 4. The third-order valence-electron chi connectivity index (χ3n) is 2.47. The van der Waals surface area contributed by atoms with Gasteiger partial charge in [-0.05, 0) is 46.3 Å². The second-order valence-electron chi connectivity index (χ2n) is 3.89. The fourth-order valence-electron chi connectivity index (χ4n) is 1.53. The zero-order valence-corrected chi connectivity index (χ0v) is 11.3. The van der Waals surface area contributed by atoms with Crippen molar-refractivity contribution < 1.29 is 15.0 Å². The highest BCUT2D eigenvalue weighted by atomic mass is 79.9. The smallest absolute Gasteiger partial charge is 0.259 e. The van der Waals surface area contributed by atoms with Crippen molar-refractivity contribution in [1.29, 1.82) is 0 Å². The van der Waals surface area contributed by atoms with Crippen molar-refractivity contribution >= 4 is 33.2 Å². The Labute approximate surface area is 117 Å². The molecule has 2 aromatic rings. The fraction of sp³-hybridized carbons (Fsp3) is 0. The van der Waals surface area contributed by atoms with E-state index < -0.39 is 5.91 Å². The van der Waals surface area contributed by atoms with Crippen molar-refractivity contribution in [2.75, 3.05) is 11.1 Å². The summed E-state index contributed by atoms with van der Waals surface area (Å²) in [5.74, 6) is -0.880. The third kappa shape index (κ3) is 2.97. The number of amides is 1. The van der Waals surface area contributed by atoms with Gasteiger partial charge in [0.15, 0.2) is 0 Å². The number of phenols is 2. The second-order valence-corrected chi connectivity index (χ2v) is 4.75. The first-order valence-electron chi connectivity index (χ1n) is 5.36. The summed E-state index contributed by atoms with van der Waals surface area (Å²) in [4.78, 5) is 12.0. The molecular weight excluding hydrogens is 312 g/mol. The molecule has 0 aliphatic rings. The molecule has 0 bridgehead atoms. The third-order valence-corrected chi connectivity index (χ3v) is 3.12. The number of nitrogen functional groups attached to an aromatic ring is 1. The number of nitrogens with one attached hydrogen (secondary N) is 1. The van der Waals surface area contributed by atoms with Crippen LogP contribution in [-0.4, -0.2) is 16.1 Å². The first kappa shape index (κ1) is 13.2. The van der Waals surface area contributed by atoms with E-state index in [0.29, 0.717) is 15.8 Å². The van der Waals surface area contributed by atoms with Crippen molar-refractivity contribution in [2.45, 2.75) is 0 Å². The summed E-state index contributed by atoms with van der Waals surface area (Å²) in [5.41, 5.74) is 6.77. The number of aromatic hydroxyl groups is 2. The Morgan fingerprint density at radius 1 is 1.16 bits per heavy atom. The maximum atomic E-state index is 12.0. The van der Waals surface area contributed by atoms with Crippen LogP contribution in [0.5, 0.6) is 11.5 Å². The van der Waals surface area contributed by atoms with E-state index >= 15 is 0 Å². The minimum Gasteiger partial charge on any atom is -0.508 e. The summed E-state index contributed by atoms with van der Waals surface area (Å²) < 4.78 is 0.638. The van der Waals surface area contributed by atoms with Crippen LogP contribution in [0.1, 0.15) is 10.4 Å². The first-order valence-corrected chi connectivity index (χ1v) is 6.15. The molecule has 1 amide bonds. The van der Waals surface area contributed by atoms with Crippen molar-refractivity contribution in [3.63, 3.8) is 0 Å². The Balaban J connectivity index is 2.25. The number of carbonyl (C=O) groups excluding carboxylic acids is 1. The molecule has 2 rings (SSSR count). The van der Waals surface area contributed by atoms with Crippen LogP contribution in [-0.2, 0) is 0 Å². The SMILES string of the molecule is Nc1ccc(NC(=O)c2ccc(O)cc2O)c(Br)c1. The lowest BCUT2D eigenvalue weighted by Gasteiger charge is -2.09. The number of nitrogens with two attached hydrogens (primary N) is 1. The van der Waals surface area contributed by atoms with Gasteiger partial charge in [0.05, 0.1) is 11.3 Å². The van der Waals surface area contributed by atoms with Gasteiger partial charge >= 0.3 is 0 Å². The summed E-state index contributed by atoms with van der Waals surface area (Å²) in [5, 5.41) is 21.4. The Morgan fingerprint density at radius 2 is 1.89 bits per heavy atom. The maximum absolute atomic E-state index is 12.0. The van der Waals surface area contributed by atoms with Gasteiger partial charge in [0.25, 0.3) is 5.91 Å². The van der Waals surface area contributed by atoms with Crippen molar-refractivity contribution in [3.05, 3.63) is 46.4 Å². The first-order chi connectivity index (χ1) is 8.97. The summed E-state index contributed by atoms with van der Waals surface area (Å²) in [7, 11) is 0. The number of hydrogen-bond donors (Lipinski definition) is 4. The van der Waals surface area contributed by atoms with Gasteiger partial charge in [0.1, 0.15) is 11.5 Å². The zero-order valence-electron chi connectivity index (χ0n) is 9.72. The van der Waals surface area contributed by atoms with Crippen LogP contribution < -0.4 is 11.1 Å². The van der Waals surface area contributed by atoms with Crippen LogP contribution in [0.4, 0.5) is 11.4 Å². The standard InChI is InChI=1S/C13H11BrN2O3/c14-10-5-7(15)1-4-11(10)16-13(19)9-3-2-8(17)6-12(9)18/h1-6,17-18H,15H2,(H,16,19). The Hall–Kier alpha value is -2.21. The van der Waals surface area contributed by atoms with Gasteiger partial charge in [0, 0.05) is 16.2 Å². The average Bonchev–Trinajstić information content (AvgIpc) is 2.32. The van der Waals surface area contributed by atoms with E-state index in [1.807, 2.05) is 0 Å². The normalized spacial score (nSPS) is 10.2. The van der Waals surface area contributed by atoms with Crippen molar-refractivity contribution in [3.8, 4) is 11.5 Å². The number of carbonyl (C=O) groups is 1. The van der Waals surface area contributed by atoms with E-state index in [2.05, 4.69) is 21.2 Å². The van der Waals surface area contributed by atoms with Crippen molar-refractivity contribution in [1.82, 2.24) is 0 Å². The van der Waals surface area contributed by atoms with Gasteiger partial charge in [0.2, 0.25) is 0 Å². The Bertz CT molecular complexity index is 644. The average molecular weight is 323 g/mol. The lowest BCUT2D eigenvalue weighted by Crippen LogP contribution is -2.12. The van der Waals surface area contributed by atoms with Crippen LogP contribution >= 0.6 is 15.9 Å². The largest absolute Gasteiger partial charge is 0.508 e. The highest BCUT2D eigenvalue weighted by molar-refractivity contribution is 9.10. The molecule has 0 unspecified atom stereocenters. The molecule has 6 heteroatoms. The summed E-state index contributed by atoms with van der Waals surface area (Å²) in [6.45, 7) is 0. The molecule has 0 saturated heterocycles. The molecule has 98 valence electrons. The lowest BCUT2D eigenvalue weighted by molar-refractivity contribution is 0.102. The van der Waals surface area contributed by atoms with Gasteiger partial charge in [-0.15, -0.1) is 0 Å². The minimum atomic E-state index is -0.483. The van der Waals surface area contributed by atoms with E-state index in [9.17, 15) is 15.0 Å². The van der Waals surface area contributed by atoms with Gasteiger partial charge in [-0.25, -0.2) is 0 Å². The number of benzene rings is 2. The van der Waals surface area contributed by atoms with Crippen LogP contribution in [0, 0.1) is 0 Å². The fourth-order valence-corrected chi connectivity index (χ4v) is 2.03. The molecule has 19 heavy (non-hydrogen) atoms. The maximum Gasteiger partial charge on any atom is 0.259 e. The zero-order chi connectivity index (χ0) is 14.0. The van der Waals surface area contributed by atoms with Crippen LogP contribution in [0.25, 0.3) is 0 Å². The number of rotatable bonds is 2. The highest BCUT2D eigenvalue weighted by Gasteiger charge is 2.13. The number of halogens is 1. The summed E-state index contributed by atoms with van der Waals surface area (Å²) >= 11 is 3.28. The van der Waals surface area contributed by atoms with Gasteiger partial charge in [-0.1, -0.05) is 0 Å². The molecule has 0 atom stereocenters. The molecule has 2 aromatic carbocycles. The summed E-state index contributed by atoms with van der Waals surface area (Å²) in [6, 6.07) is 8.73. The van der Waals surface area contributed by atoms with E-state index in [4.69, 9.17) is 5.73 Å². The van der Waals surface area contributed by atoms with E-state index in [1.165, 1.54) is 12.1 Å². The Morgan fingerprint density at radius 3 is 2.53 bits per heavy atom. The molecule has 0 aromatic heterocycles. The van der Waals surface area contributed by atoms with Crippen LogP contribution in [0.3, 0.4) is 0 Å². The van der Waals surface area contributed by atoms with Crippen molar-refractivity contribution in [2.24, 2.45) is 0 Å². The molecule has 5 N–H and O–H groups in total. The van der Waals surface area contributed by atoms with E-state index in [1.54, 1.807) is 18.2 Å². The van der Waals surface area contributed by atoms with Crippen LogP contribution in [0.15, 0.2) is 40.9 Å². The van der Waals surface area contributed by atoms with E-state index in [0.717, 1.165) is 6.07 Å². The predicted molar refractivity (Wildman–Crippen MR) is 76.3 cm³/mol. The molecule has 0 heterocycles. The molecule has 5 nitrogen and oxygen atoms in total. The number of anilines is 2. The molecule has 0 saturated carbocycles.